The molecule has 0 heterocycles. The molecule has 0 atom stereocenters. The van der Waals surface area contributed by atoms with Crippen molar-refractivity contribution in [2.45, 2.75) is 20.0 Å². The SMILES string of the molecule is CC(C)OC(=O)c1ccc(NC(=S)Nc2ccc(F)cc2)cc1. The van der Waals surface area contributed by atoms with Gasteiger partial charge in [0.15, 0.2) is 5.11 Å². The van der Waals surface area contributed by atoms with Gasteiger partial charge in [-0.2, -0.15) is 0 Å². The zero-order valence-electron chi connectivity index (χ0n) is 12.8. The normalized spacial score (nSPS) is 10.3. The number of carbonyl (C=O) groups excluding carboxylic acids is 1. The van der Waals surface area contributed by atoms with E-state index in [0.717, 1.165) is 5.69 Å². The molecule has 0 unspecified atom stereocenters. The molecule has 2 N–H and O–H groups in total. The summed E-state index contributed by atoms with van der Waals surface area (Å²) in [6, 6.07) is 12.7. The van der Waals surface area contributed by atoms with Crippen molar-refractivity contribution < 1.29 is 13.9 Å². The minimum absolute atomic E-state index is 0.159. The van der Waals surface area contributed by atoms with Gasteiger partial charge in [0, 0.05) is 11.4 Å². The maximum Gasteiger partial charge on any atom is 0.338 e. The lowest BCUT2D eigenvalue weighted by molar-refractivity contribution is 0.0378. The van der Waals surface area contributed by atoms with Crippen LogP contribution in [0.4, 0.5) is 15.8 Å². The molecule has 2 aromatic rings. The second-order valence-corrected chi connectivity index (χ2v) is 5.53. The molecule has 0 spiro atoms. The van der Waals surface area contributed by atoms with E-state index >= 15 is 0 Å². The van der Waals surface area contributed by atoms with Gasteiger partial charge in [-0.05, 0) is 74.6 Å². The molecule has 0 saturated carbocycles. The zero-order chi connectivity index (χ0) is 16.8. The van der Waals surface area contributed by atoms with Crippen LogP contribution >= 0.6 is 12.2 Å². The van der Waals surface area contributed by atoms with Crippen molar-refractivity contribution >= 4 is 34.7 Å². The lowest BCUT2D eigenvalue weighted by Gasteiger charge is -2.11. The molecule has 23 heavy (non-hydrogen) atoms. The quantitative estimate of drug-likeness (QED) is 0.649. The van der Waals surface area contributed by atoms with Crippen LogP contribution in [0.25, 0.3) is 0 Å². The number of hydrogen-bond acceptors (Lipinski definition) is 3. The van der Waals surface area contributed by atoms with Crippen molar-refractivity contribution in [3.8, 4) is 0 Å². The minimum atomic E-state index is -0.362. The summed E-state index contributed by atoms with van der Waals surface area (Å²) >= 11 is 5.18. The summed E-state index contributed by atoms with van der Waals surface area (Å²) in [7, 11) is 0. The van der Waals surface area contributed by atoms with Gasteiger partial charge in [0.25, 0.3) is 0 Å². The summed E-state index contributed by atoms with van der Waals surface area (Å²) in [6.07, 6.45) is -0.159. The van der Waals surface area contributed by atoms with E-state index in [1.165, 1.54) is 12.1 Å². The van der Waals surface area contributed by atoms with E-state index in [2.05, 4.69) is 10.6 Å². The number of ether oxygens (including phenoxy) is 1. The van der Waals surface area contributed by atoms with Crippen molar-refractivity contribution in [1.29, 1.82) is 0 Å². The van der Waals surface area contributed by atoms with Gasteiger partial charge in [0.1, 0.15) is 5.82 Å². The molecule has 0 amide bonds. The van der Waals surface area contributed by atoms with Gasteiger partial charge in [-0.1, -0.05) is 0 Å². The van der Waals surface area contributed by atoms with Crippen molar-refractivity contribution in [2.75, 3.05) is 10.6 Å². The minimum Gasteiger partial charge on any atom is -0.459 e. The first-order valence-electron chi connectivity index (χ1n) is 7.08. The predicted octanol–water partition coefficient (Wildman–Crippen LogP) is 4.20. The second-order valence-electron chi connectivity index (χ2n) is 5.12. The van der Waals surface area contributed by atoms with E-state index in [0.29, 0.717) is 16.4 Å². The monoisotopic (exact) mass is 332 g/mol. The van der Waals surface area contributed by atoms with Crippen LogP contribution < -0.4 is 10.6 Å². The summed E-state index contributed by atoms with van der Waals surface area (Å²) in [5, 5.41) is 6.30. The van der Waals surface area contributed by atoms with Crippen LogP contribution in [0.2, 0.25) is 0 Å². The van der Waals surface area contributed by atoms with Crippen LogP contribution in [0.5, 0.6) is 0 Å². The lowest BCUT2D eigenvalue weighted by Crippen LogP contribution is -2.19. The average molecular weight is 332 g/mol. The van der Waals surface area contributed by atoms with Crippen LogP contribution in [0.1, 0.15) is 24.2 Å². The Morgan fingerprint density at radius 2 is 1.48 bits per heavy atom. The fourth-order valence-corrected chi connectivity index (χ4v) is 2.03. The summed E-state index contributed by atoms with van der Waals surface area (Å²) in [4.78, 5) is 11.7. The van der Waals surface area contributed by atoms with E-state index in [9.17, 15) is 9.18 Å². The highest BCUT2D eigenvalue weighted by Gasteiger charge is 2.09. The molecule has 2 rings (SSSR count). The Labute approximate surface area is 139 Å². The Kier molecular flexibility index (Phi) is 5.65. The van der Waals surface area contributed by atoms with Crippen molar-refractivity contribution in [2.24, 2.45) is 0 Å². The van der Waals surface area contributed by atoms with E-state index < -0.39 is 0 Å². The van der Waals surface area contributed by atoms with Gasteiger partial charge in [-0.15, -0.1) is 0 Å². The highest BCUT2D eigenvalue weighted by molar-refractivity contribution is 7.80. The molecule has 2 aromatic carbocycles. The van der Waals surface area contributed by atoms with Gasteiger partial charge in [0.2, 0.25) is 0 Å². The maximum absolute atomic E-state index is 12.8. The number of thiocarbonyl (C=S) groups is 1. The van der Waals surface area contributed by atoms with Gasteiger partial charge in [-0.3, -0.25) is 0 Å². The van der Waals surface area contributed by atoms with Crippen LogP contribution in [0.3, 0.4) is 0 Å². The Morgan fingerprint density at radius 1 is 1.00 bits per heavy atom. The Bertz CT molecular complexity index is 685. The Hall–Kier alpha value is -2.47. The number of nitrogens with one attached hydrogen (secondary N) is 2. The molecule has 0 saturated heterocycles. The van der Waals surface area contributed by atoms with Crippen molar-refractivity contribution in [3.63, 3.8) is 0 Å². The molecular formula is C17H17FN2O2S. The number of benzene rings is 2. The predicted molar refractivity (Wildman–Crippen MR) is 93.2 cm³/mol. The summed E-state index contributed by atoms with van der Waals surface area (Å²) in [5.74, 6) is -0.670. The average Bonchev–Trinajstić information content (AvgIpc) is 2.49. The molecule has 0 aromatic heterocycles. The first-order chi connectivity index (χ1) is 10.9. The zero-order valence-corrected chi connectivity index (χ0v) is 13.6. The maximum atomic E-state index is 12.8. The van der Waals surface area contributed by atoms with E-state index in [-0.39, 0.29) is 17.9 Å². The third kappa shape index (κ3) is 5.34. The summed E-state index contributed by atoms with van der Waals surface area (Å²) < 4.78 is 18.0. The Balaban J connectivity index is 1.93. The first kappa shape index (κ1) is 16.9. The largest absolute Gasteiger partial charge is 0.459 e. The second kappa shape index (κ2) is 7.69. The van der Waals surface area contributed by atoms with E-state index in [4.69, 9.17) is 17.0 Å². The Morgan fingerprint density at radius 3 is 1.96 bits per heavy atom. The number of esters is 1. The molecule has 0 aliphatic carbocycles. The highest BCUT2D eigenvalue weighted by Crippen LogP contribution is 2.13. The van der Waals surface area contributed by atoms with Crippen LogP contribution in [0, 0.1) is 5.82 Å². The lowest BCUT2D eigenvalue weighted by atomic mass is 10.2. The number of carbonyl (C=O) groups is 1. The van der Waals surface area contributed by atoms with Gasteiger partial charge in [0.05, 0.1) is 11.7 Å². The van der Waals surface area contributed by atoms with Crippen LogP contribution in [0.15, 0.2) is 48.5 Å². The summed E-state index contributed by atoms with van der Waals surface area (Å²) in [5.41, 5.74) is 1.88. The number of rotatable bonds is 4. The van der Waals surface area contributed by atoms with Crippen molar-refractivity contribution in [3.05, 3.63) is 59.9 Å². The fraction of sp³-hybridized carbons (Fsp3) is 0.176. The van der Waals surface area contributed by atoms with Gasteiger partial charge in [-0.25, -0.2) is 9.18 Å². The van der Waals surface area contributed by atoms with E-state index in [1.54, 1.807) is 50.2 Å². The fourth-order valence-electron chi connectivity index (χ4n) is 1.80. The number of hydrogen-bond donors (Lipinski definition) is 2. The van der Waals surface area contributed by atoms with Crippen LogP contribution in [-0.2, 0) is 4.74 Å². The standard InChI is InChI=1S/C17H17FN2O2S/c1-11(2)22-16(21)12-3-7-14(8-4-12)19-17(23)20-15-9-5-13(18)6-10-15/h3-11H,1-2H3,(H2,19,20,23). The number of anilines is 2. The molecular weight excluding hydrogens is 315 g/mol. The molecule has 0 aliphatic heterocycles. The summed E-state index contributed by atoms with van der Waals surface area (Å²) in [6.45, 7) is 3.60. The first-order valence-corrected chi connectivity index (χ1v) is 7.49. The third-order valence-corrected chi connectivity index (χ3v) is 3.03. The molecule has 0 bridgehead atoms. The smallest absolute Gasteiger partial charge is 0.338 e. The van der Waals surface area contributed by atoms with Crippen LogP contribution in [-0.4, -0.2) is 17.2 Å². The number of halogens is 1. The van der Waals surface area contributed by atoms with Crippen molar-refractivity contribution in [1.82, 2.24) is 0 Å². The van der Waals surface area contributed by atoms with Gasteiger partial charge < -0.3 is 15.4 Å². The van der Waals surface area contributed by atoms with E-state index in [1.807, 2.05) is 0 Å². The molecule has 6 heteroatoms. The molecule has 4 nitrogen and oxygen atoms in total. The molecule has 0 aliphatic rings. The topological polar surface area (TPSA) is 50.4 Å². The molecule has 120 valence electrons. The highest BCUT2D eigenvalue weighted by atomic mass is 32.1. The molecule has 0 fully saturated rings. The molecule has 0 radical (unpaired) electrons. The third-order valence-electron chi connectivity index (χ3n) is 2.82. The van der Waals surface area contributed by atoms with Gasteiger partial charge >= 0.3 is 5.97 Å².